The van der Waals surface area contributed by atoms with Crippen molar-refractivity contribution in [1.29, 1.82) is 0 Å². The van der Waals surface area contributed by atoms with Gasteiger partial charge in [-0.1, -0.05) is 19.9 Å². The summed E-state index contributed by atoms with van der Waals surface area (Å²) < 4.78 is 19.7. The Bertz CT molecular complexity index is 541. The van der Waals surface area contributed by atoms with Crippen LogP contribution in [0.3, 0.4) is 0 Å². The van der Waals surface area contributed by atoms with Gasteiger partial charge >= 0.3 is 0 Å². The summed E-state index contributed by atoms with van der Waals surface area (Å²) in [4.78, 5) is 4.20. The highest BCUT2D eigenvalue weighted by molar-refractivity contribution is 5.80. The first kappa shape index (κ1) is 17.6. The highest BCUT2D eigenvalue weighted by Crippen LogP contribution is 2.30. The normalized spacial score (nSPS) is 16.3. The molecular formula is C18H28FN3O. The van der Waals surface area contributed by atoms with Gasteiger partial charge in [0.2, 0.25) is 0 Å². The molecular weight excluding hydrogens is 293 g/mol. The van der Waals surface area contributed by atoms with Gasteiger partial charge in [0.15, 0.2) is 17.5 Å². The van der Waals surface area contributed by atoms with Crippen molar-refractivity contribution in [3.05, 3.63) is 29.6 Å². The van der Waals surface area contributed by atoms with Crippen LogP contribution in [0.15, 0.2) is 23.2 Å². The van der Waals surface area contributed by atoms with E-state index < -0.39 is 0 Å². The second kappa shape index (κ2) is 8.18. The number of ether oxygens (including phenoxy) is 1. The van der Waals surface area contributed by atoms with Crippen LogP contribution in [0.4, 0.5) is 4.39 Å². The minimum Gasteiger partial charge on any atom is -0.490 e. The molecule has 2 rings (SSSR count). The van der Waals surface area contributed by atoms with E-state index in [0.29, 0.717) is 24.2 Å². The summed E-state index contributed by atoms with van der Waals surface area (Å²) in [6.07, 6.45) is 2.40. The Balaban J connectivity index is 1.92. The second-order valence-corrected chi connectivity index (χ2v) is 6.66. The third kappa shape index (κ3) is 5.73. The first-order valence-corrected chi connectivity index (χ1v) is 8.39. The van der Waals surface area contributed by atoms with Gasteiger partial charge in [-0.3, -0.25) is 4.99 Å². The van der Waals surface area contributed by atoms with Gasteiger partial charge in [0.25, 0.3) is 0 Å². The van der Waals surface area contributed by atoms with Crippen molar-refractivity contribution in [1.82, 2.24) is 10.6 Å². The molecule has 1 aromatic carbocycles. The van der Waals surface area contributed by atoms with Crippen LogP contribution in [0.1, 0.15) is 45.2 Å². The monoisotopic (exact) mass is 321 g/mol. The number of guanidine groups is 1. The Kier molecular flexibility index (Phi) is 6.25. The standard InChI is InChI=1S/C18H28FN3O/c1-12(2)10-21-18(20-4)22-13(3)15-7-8-17(16(19)9-15)23-11-14-5-6-14/h7-9,12-14H,5-6,10-11H2,1-4H3,(H2,20,21,22). The summed E-state index contributed by atoms with van der Waals surface area (Å²) in [6, 6.07) is 5.12. The van der Waals surface area contributed by atoms with Gasteiger partial charge in [0.05, 0.1) is 12.6 Å². The molecule has 128 valence electrons. The van der Waals surface area contributed by atoms with E-state index in [9.17, 15) is 4.39 Å². The topological polar surface area (TPSA) is 45.7 Å². The molecule has 1 aromatic rings. The minimum atomic E-state index is -0.304. The molecule has 1 aliphatic carbocycles. The van der Waals surface area contributed by atoms with Crippen molar-refractivity contribution in [2.45, 2.75) is 39.7 Å². The third-order valence-electron chi connectivity index (χ3n) is 3.88. The highest BCUT2D eigenvalue weighted by Gasteiger charge is 2.22. The lowest BCUT2D eigenvalue weighted by molar-refractivity contribution is 0.285. The van der Waals surface area contributed by atoms with E-state index in [1.807, 2.05) is 13.0 Å². The third-order valence-corrected chi connectivity index (χ3v) is 3.88. The maximum Gasteiger partial charge on any atom is 0.191 e. The Morgan fingerprint density at radius 1 is 1.35 bits per heavy atom. The lowest BCUT2D eigenvalue weighted by atomic mass is 10.1. The van der Waals surface area contributed by atoms with Crippen LogP contribution in [0.2, 0.25) is 0 Å². The number of nitrogens with zero attached hydrogens (tertiary/aromatic N) is 1. The number of benzene rings is 1. The van der Waals surface area contributed by atoms with E-state index in [2.05, 4.69) is 29.5 Å². The van der Waals surface area contributed by atoms with Crippen LogP contribution < -0.4 is 15.4 Å². The van der Waals surface area contributed by atoms with Crippen LogP contribution in [0.5, 0.6) is 5.75 Å². The molecule has 1 unspecified atom stereocenters. The van der Waals surface area contributed by atoms with Crippen LogP contribution in [-0.2, 0) is 0 Å². The zero-order valence-electron chi connectivity index (χ0n) is 14.5. The summed E-state index contributed by atoms with van der Waals surface area (Å²) in [5.41, 5.74) is 0.869. The number of hydrogen-bond acceptors (Lipinski definition) is 2. The molecule has 1 saturated carbocycles. The maximum absolute atomic E-state index is 14.2. The van der Waals surface area contributed by atoms with E-state index >= 15 is 0 Å². The Morgan fingerprint density at radius 3 is 2.65 bits per heavy atom. The van der Waals surface area contributed by atoms with Crippen LogP contribution >= 0.6 is 0 Å². The van der Waals surface area contributed by atoms with Crippen LogP contribution in [0.25, 0.3) is 0 Å². The molecule has 0 amide bonds. The molecule has 0 bridgehead atoms. The molecule has 0 aromatic heterocycles. The Hall–Kier alpha value is -1.78. The number of hydrogen-bond donors (Lipinski definition) is 2. The smallest absolute Gasteiger partial charge is 0.191 e. The first-order valence-electron chi connectivity index (χ1n) is 8.39. The van der Waals surface area contributed by atoms with E-state index in [1.54, 1.807) is 13.1 Å². The van der Waals surface area contributed by atoms with Crippen molar-refractivity contribution in [3.63, 3.8) is 0 Å². The lowest BCUT2D eigenvalue weighted by Gasteiger charge is -2.19. The van der Waals surface area contributed by atoms with Crippen molar-refractivity contribution < 1.29 is 9.13 Å². The molecule has 1 atom stereocenters. The van der Waals surface area contributed by atoms with Crippen LogP contribution in [0, 0.1) is 17.7 Å². The molecule has 1 fully saturated rings. The number of rotatable bonds is 7. The lowest BCUT2D eigenvalue weighted by Crippen LogP contribution is -2.40. The zero-order valence-corrected chi connectivity index (χ0v) is 14.5. The summed E-state index contributed by atoms with van der Waals surface area (Å²) in [6.45, 7) is 7.73. The van der Waals surface area contributed by atoms with E-state index in [-0.39, 0.29) is 11.9 Å². The molecule has 0 saturated heterocycles. The molecule has 2 N–H and O–H groups in total. The molecule has 1 aliphatic rings. The summed E-state index contributed by atoms with van der Waals surface area (Å²) in [7, 11) is 1.73. The molecule has 0 spiro atoms. The fourth-order valence-corrected chi connectivity index (χ4v) is 2.18. The van der Waals surface area contributed by atoms with Crippen molar-refractivity contribution in [2.24, 2.45) is 16.8 Å². The molecule has 0 radical (unpaired) electrons. The molecule has 23 heavy (non-hydrogen) atoms. The first-order chi connectivity index (χ1) is 11.0. The predicted octanol–water partition coefficient (Wildman–Crippen LogP) is 3.50. The van der Waals surface area contributed by atoms with Gasteiger partial charge in [-0.15, -0.1) is 0 Å². The SMILES string of the molecule is CN=C(NCC(C)C)NC(C)c1ccc(OCC2CC2)c(F)c1. The van der Waals surface area contributed by atoms with Crippen molar-refractivity contribution in [3.8, 4) is 5.75 Å². The fourth-order valence-electron chi connectivity index (χ4n) is 2.18. The molecule has 5 heteroatoms. The molecule has 0 aliphatic heterocycles. The van der Waals surface area contributed by atoms with E-state index in [0.717, 1.165) is 18.1 Å². The number of nitrogens with one attached hydrogen (secondary N) is 2. The quantitative estimate of drug-likeness (QED) is 0.597. The largest absolute Gasteiger partial charge is 0.490 e. The maximum atomic E-state index is 14.2. The van der Waals surface area contributed by atoms with E-state index in [4.69, 9.17) is 4.74 Å². The van der Waals surface area contributed by atoms with Crippen molar-refractivity contribution in [2.75, 3.05) is 20.2 Å². The second-order valence-electron chi connectivity index (χ2n) is 6.66. The summed E-state index contributed by atoms with van der Waals surface area (Å²) in [5, 5.41) is 6.53. The summed E-state index contributed by atoms with van der Waals surface area (Å²) >= 11 is 0. The number of aliphatic imine (C=N–C) groups is 1. The fraction of sp³-hybridized carbons (Fsp3) is 0.611. The average Bonchev–Trinajstić information content (AvgIpc) is 3.34. The van der Waals surface area contributed by atoms with Crippen LogP contribution in [-0.4, -0.2) is 26.2 Å². The molecule has 0 heterocycles. The average molecular weight is 321 g/mol. The predicted molar refractivity (Wildman–Crippen MR) is 92.4 cm³/mol. The van der Waals surface area contributed by atoms with Gasteiger partial charge < -0.3 is 15.4 Å². The minimum absolute atomic E-state index is 0.0413. The summed E-state index contributed by atoms with van der Waals surface area (Å²) in [5.74, 6) is 1.91. The van der Waals surface area contributed by atoms with Gasteiger partial charge in [-0.05, 0) is 49.3 Å². The van der Waals surface area contributed by atoms with Crippen molar-refractivity contribution >= 4 is 5.96 Å². The van der Waals surface area contributed by atoms with Gasteiger partial charge in [-0.25, -0.2) is 4.39 Å². The zero-order chi connectivity index (χ0) is 16.8. The van der Waals surface area contributed by atoms with Gasteiger partial charge in [-0.2, -0.15) is 0 Å². The Labute approximate surface area is 138 Å². The van der Waals surface area contributed by atoms with Gasteiger partial charge in [0, 0.05) is 13.6 Å². The van der Waals surface area contributed by atoms with E-state index in [1.165, 1.54) is 18.9 Å². The number of halogens is 1. The highest BCUT2D eigenvalue weighted by atomic mass is 19.1. The molecule has 4 nitrogen and oxygen atoms in total. The van der Waals surface area contributed by atoms with Gasteiger partial charge in [0.1, 0.15) is 0 Å². The Morgan fingerprint density at radius 2 is 2.09 bits per heavy atom.